The number of pyridine rings is 1. The zero-order valence-corrected chi connectivity index (χ0v) is 15.1. The minimum atomic E-state index is -0.313. The molecule has 0 atom stereocenters. The molecular weight excluding hydrogens is 338 g/mol. The van der Waals surface area contributed by atoms with Gasteiger partial charge in [0.25, 0.3) is 11.8 Å². The highest BCUT2D eigenvalue weighted by Gasteiger charge is 2.21. The lowest BCUT2D eigenvalue weighted by molar-refractivity contribution is 0.0787. The molecule has 1 fully saturated rings. The summed E-state index contributed by atoms with van der Waals surface area (Å²) in [6.07, 6.45) is 3.51. The monoisotopic (exact) mass is 357 g/mol. The van der Waals surface area contributed by atoms with Crippen LogP contribution in [0.15, 0.2) is 30.5 Å². The number of carbonyl (C=O) groups excluding carboxylic acids is 2. The van der Waals surface area contributed by atoms with E-state index in [9.17, 15) is 9.59 Å². The number of rotatable bonds is 3. The van der Waals surface area contributed by atoms with Crippen LogP contribution in [-0.4, -0.2) is 34.8 Å². The molecule has 0 radical (unpaired) electrons. The van der Waals surface area contributed by atoms with Gasteiger partial charge in [-0.05, 0) is 56.0 Å². The van der Waals surface area contributed by atoms with E-state index < -0.39 is 0 Å². The fraction of sp³-hybridized carbons (Fsp3) is 0.316. The Hall–Kier alpha value is -2.40. The van der Waals surface area contributed by atoms with Crippen LogP contribution in [0.1, 0.15) is 44.8 Å². The van der Waals surface area contributed by atoms with Crippen molar-refractivity contribution in [2.75, 3.05) is 18.4 Å². The van der Waals surface area contributed by atoms with Gasteiger partial charge >= 0.3 is 0 Å². The first-order valence-electron chi connectivity index (χ1n) is 8.29. The quantitative estimate of drug-likeness (QED) is 0.907. The normalized spacial score (nSPS) is 13.8. The fourth-order valence-electron chi connectivity index (χ4n) is 3.03. The number of anilines is 1. The Balaban J connectivity index is 1.81. The first-order valence-corrected chi connectivity index (χ1v) is 8.67. The molecular formula is C19H20ClN3O2. The standard InChI is InChI=1S/C19H20ClN3O2/c1-12-9-13(2)17(15(20)10-12)22-18(24)14-5-6-21-16(11-14)19(25)23-7-3-4-8-23/h5-6,9-11H,3-4,7-8H2,1-2H3,(H,22,24). The second-order valence-corrected chi connectivity index (χ2v) is 6.73. The zero-order valence-electron chi connectivity index (χ0n) is 14.3. The Morgan fingerprint density at radius 2 is 1.88 bits per heavy atom. The Morgan fingerprint density at radius 1 is 1.16 bits per heavy atom. The second-order valence-electron chi connectivity index (χ2n) is 6.32. The molecule has 1 N–H and O–H groups in total. The minimum Gasteiger partial charge on any atom is -0.337 e. The summed E-state index contributed by atoms with van der Waals surface area (Å²) in [5.41, 5.74) is 3.18. The van der Waals surface area contributed by atoms with Gasteiger partial charge in [0.2, 0.25) is 0 Å². The highest BCUT2D eigenvalue weighted by Crippen LogP contribution is 2.27. The van der Waals surface area contributed by atoms with Crippen LogP contribution in [-0.2, 0) is 0 Å². The average molecular weight is 358 g/mol. The number of nitrogens with one attached hydrogen (secondary N) is 1. The number of amides is 2. The third kappa shape index (κ3) is 3.82. The minimum absolute atomic E-state index is 0.128. The van der Waals surface area contributed by atoms with Crippen LogP contribution in [0.5, 0.6) is 0 Å². The van der Waals surface area contributed by atoms with Gasteiger partial charge in [-0.3, -0.25) is 14.6 Å². The van der Waals surface area contributed by atoms with E-state index in [1.54, 1.807) is 17.0 Å². The Kier molecular flexibility index (Phi) is 5.04. The molecule has 0 spiro atoms. The van der Waals surface area contributed by atoms with Gasteiger partial charge in [0.15, 0.2) is 0 Å². The Labute approximate surface area is 152 Å². The van der Waals surface area contributed by atoms with E-state index in [2.05, 4.69) is 10.3 Å². The number of likely N-dealkylation sites (tertiary alicyclic amines) is 1. The number of aryl methyl sites for hydroxylation is 2. The van der Waals surface area contributed by atoms with Crippen molar-refractivity contribution in [1.29, 1.82) is 0 Å². The molecule has 25 heavy (non-hydrogen) atoms. The number of nitrogens with zero attached hydrogens (tertiary/aromatic N) is 2. The van der Waals surface area contributed by atoms with Crippen molar-refractivity contribution < 1.29 is 9.59 Å². The van der Waals surface area contributed by atoms with Crippen molar-refractivity contribution in [1.82, 2.24) is 9.88 Å². The van der Waals surface area contributed by atoms with Crippen molar-refractivity contribution >= 4 is 29.1 Å². The molecule has 1 saturated heterocycles. The molecule has 0 bridgehead atoms. The van der Waals surface area contributed by atoms with E-state index in [4.69, 9.17) is 11.6 Å². The van der Waals surface area contributed by atoms with Crippen molar-refractivity contribution in [3.63, 3.8) is 0 Å². The maximum atomic E-state index is 12.6. The number of halogens is 1. The van der Waals surface area contributed by atoms with Gasteiger partial charge in [0.05, 0.1) is 10.7 Å². The topological polar surface area (TPSA) is 62.3 Å². The Morgan fingerprint density at radius 3 is 2.56 bits per heavy atom. The highest BCUT2D eigenvalue weighted by atomic mass is 35.5. The third-order valence-corrected chi connectivity index (χ3v) is 4.60. The summed E-state index contributed by atoms with van der Waals surface area (Å²) in [5, 5.41) is 3.33. The second kappa shape index (κ2) is 7.23. The Bertz CT molecular complexity index is 806. The van der Waals surface area contributed by atoms with Gasteiger partial charge in [-0.15, -0.1) is 0 Å². The number of aromatic nitrogens is 1. The van der Waals surface area contributed by atoms with Gasteiger partial charge in [0.1, 0.15) is 5.69 Å². The SMILES string of the molecule is Cc1cc(C)c(NC(=O)c2ccnc(C(=O)N3CCCC3)c2)c(Cl)c1. The van der Waals surface area contributed by atoms with Crippen LogP contribution in [0.2, 0.25) is 5.02 Å². The summed E-state index contributed by atoms with van der Waals surface area (Å²) in [6.45, 7) is 5.33. The summed E-state index contributed by atoms with van der Waals surface area (Å²) in [6, 6.07) is 6.89. The lowest BCUT2D eigenvalue weighted by atomic mass is 10.1. The van der Waals surface area contributed by atoms with E-state index >= 15 is 0 Å². The summed E-state index contributed by atoms with van der Waals surface area (Å²) in [7, 11) is 0. The maximum Gasteiger partial charge on any atom is 0.272 e. The molecule has 2 amide bonds. The zero-order chi connectivity index (χ0) is 18.0. The molecule has 2 heterocycles. The summed E-state index contributed by atoms with van der Waals surface area (Å²) in [4.78, 5) is 30.9. The van der Waals surface area contributed by atoms with Crippen LogP contribution in [0.4, 0.5) is 5.69 Å². The van der Waals surface area contributed by atoms with E-state index in [1.807, 2.05) is 19.9 Å². The first kappa shape index (κ1) is 17.4. The molecule has 1 aliphatic rings. The van der Waals surface area contributed by atoms with Gasteiger partial charge in [-0.2, -0.15) is 0 Å². The average Bonchev–Trinajstić information content (AvgIpc) is 3.12. The summed E-state index contributed by atoms with van der Waals surface area (Å²) in [5.74, 6) is -0.441. The van der Waals surface area contributed by atoms with Gasteiger partial charge in [-0.25, -0.2) is 0 Å². The molecule has 2 aromatic rings. The molecule has 130 valence electrons. The number of hydrogen-bond donors (Lipinski definition) is 1. The van der Waals surface area contributed by atoms with Crippen LogP contribution in [0, 0.1) is 13.8 Å². The lowest BCUT2D eigenvalue weighted by Crippen LogP contribution is -2.28. The lowest BCUT2D eigenvalue weighted by Gasteiger charge is -2.15. The molecule has 0 unspecified atom stereocenters. The van der Waals surface area contributed by atoms with Crippen LogP contribution in [0.3, 0.4) is 0 Å². The first-order chi connectivity index (χ1) is 12.0. The maximum absolute atomic E-state index is 12.6. The van der Waals surface area contributed by atoms with E-state index in [1.165, 1.54) is 12.3 Å². The predicted molar refractivity (Wildman–Crippen MR) is 98.3 cm³/mol. The smallest absolute Gasteiger partial charge is 0.272 e. The number of benzene rings is 1. The van der Waals surface area contributed by atoms with Crippen LogP contribution >= 0.6 is 11.6 Å². The summed E-state index contributed by atoms with van der Waals surface area (Å²) < 4.78 is 0. The fourth-order valence-corrected chi connectivity index (χ4v) is 3.40. The van der Waals surface area contributed by atoms with E-state index in [0.29, 0.717) is 22.0 Å². The van der Waals surface area contributed by atoms with E-state index in [-0.39, 0.29) is 11.8 Å². The summed E-state index contributed by atoms with van der Waals surface area (Å²) >= 11 is 6.25. The highest BCUT2D eigenvalue weighted by molar-refractivity contribution is 6.34. The van der Waals surface area contributed by atoms with Crippen LogP contribution in [0.25, 0.3) is 0 Å². The number of carbonyl (C=O) groups is 2. The van der Waals surface area contributed by atoms with Crippen molar-refractivity contribution in [3.8, 4) is 0 Å². The molecule has 5 nitrogen and oxygen atoms in total. The van der Waals surface area contributed by atoms with Crippen molar-refractivity contribution in [2.45, 2.75) is 26.7 Å². The van der Waals surface area contributed by atoms with E-state index in [0.717, 1.165) is 37.1 Å². The van der Waals surface area contributed by atoms with Crippen LogP contribution < -0.4 is 5.32 Å². The number of hydrogen-bond acceptors (Lipinski definition) is 3. The molecule has 6 heteroatoms. The van der Waals surface area contributed by atoms with Gasteiger partial charge < -0.3 is 10.2 Å². The third-order valence-electron chi connectivity index (χ3n) is 4.30. The van der Waals surface area contributed by atoms with Crippen molar-refractivity contribution in [2.24, 2.45) is 0 Å². The van der Waals surface area contributed by atoms with Crippen molar-refractivity contribution in [3.05, 3.63) is 57.9 Å². The molecule has 1 aliphatic heterocycles. The van der Waals surface area contributed by atoms with Gasteiger partial charge in [0, 0.05) is 24.8 Å². The molecule has 1 aromatic heterocycles. The van der Waals surface area contributed by atoms with Gasteiger partial charge in [-0.1, -0.05) is 17.7 Å². The molecule has 0 saturated carbocycles. The molecule has 1 aromatic carbocycles. The predicted octanol–water partition coefficient (Wildman–Crippen LogP) is 3.84. The molecule has 0 aliphatic carbocycles. The molecule has 3 rings (SSSR count). The largest absolute Gasteiger partial charge is 0.337 e.